The molecule has 0 saturated carbocycles. The van der Waals surface area contributed by atoms with Crippen LogP contribution in [0.15, 0.2) is 69.1 Å². The van der Waals surface area contributed by atoms with E-state index in [1.165, 1.54) is 11.1 Å². The Bertz CT molecular complexity index is 415. The van der Waals surface area contributed by atoms with Crippen molar-refractivity contribution in [1.82, 2.24) is 0 Å². The van der Waals surface area contributed by atoms with Crippen LogP contribution >= 0.6 is 0 Å². The Morgan fingerprint density at radius 2 is 2.06 bits per heavy atom. The molecule has 0 radical (unpaired) electrons. The summed E-state index contributed by atoms with van der Waals surface area (Å²) in [5, 5.41) is 0. The standard InChI is InChI=1S/C10H11.C6H9.Cr/c1-2-3-4-7-10-8-5-6-9-10;1-4-5-6(2)3;/h2-5,7-8H,6H2,1H3;2,4-5H,1,3H3;. The molecule has 0 fully saturated rings. The number of hydrogen-bond acceptors (Lipinski definition) is 0. The molecule has 0 aromatic heterocycles. The molecule has 1 rings (SSSR count). The third-order valence-electron chi connectivity index (χ3n) is 2.32. The number of hydrogen-bond donors (Lipinski definition) is 0. The van der Waals surface area contributed by atoms with Gasteiger partial charge in [0, 0.05) is 0 Å². The predicted octanol–water partition coefficient (Wildman–Crippen LogP) is 4.90. The zero-order chi connectivity index (χ0) is 12.5. The molecule has 0 N–H and O–H groups in total. The van der Waals surface area contributed by atoms with Crippen molar-refractivity contribution >= 4 is 0 Å². The average Bonchev–Trinajstić information content (AvgIpc) is 2.75. The fourth-order valence-electron chi connectivity index (χ4n) is 1.50. The van der Waals surface area contributed by atoms with Gasteiger partial charge in [0.2, 0.25) is 0 Å². The summed E-state index contributed by atoms with van der Waals surface area (Å²) in [5.41, 5.74) is 2.76. The molecule has 0 spiro atoms. The van der Waals surface area contributed by atoms with Crippen LogP contribution in [0.2, 0.25) is 0 Å². The normalized spacial score (nSPS) is 17.5. The van der Waals surface area contributed by atoms with E-state index >= 15 is 0 Å². The van der Waals surface area contributed by atoms with Gasteiger partial charge in [0.1, 0.15) is 0 Å². The summed E-state index contributed by atoms with van der Waals surface area (Å²) >= 11 is 0.475. The summed E-state index contributed by atoms with van der Waals surface area (Å²) in [6, 6.07) is 0. The molecule has 1 aliphatic rings. The summed E-state index contributed by atoms with van der Waals surface area (Å²) in [4.78, 5) is 2.36. The van der Waals surface area contributed by atoms with Crippen LogP contribution < -0.4 is 0 Å². The van der Waals surface area contributed by atoms with Gasteiger partial charge in [-0.15, -0.1) is 0 Å². The van der Waals surface area contributed by atoms with Crippen LogP contribution in [0.1, 0.15) is 27.2 Å². The van der Waals surface area contributed by atoms with Gasteiger partial charge in [0.05, 0.1) is 0 Å². The molecule has 0 bridgehead atoms. The topological polar surface area (TPSA) is 0 Å². The van der Waals surface area contributed by atoms with Gasteiger partial charge in [-0.1, -0.05) is 0 Å². The van der Waals surface area contributed by atoms with Gasteiger partial charge in [-0.05, 0) is 0 Å². The first-order valence-corrected chi connectivity index (χ1v) is 7.30. The minimum atomic E-state index is 0.475. The third kappa shape index (κ3) is 5.22. The Morgan fingerprint density at radius 1 is 1.24 bits per heavy atom. The number of allylic oxidation sites excluding steroid dienone is 11. The first kappa shape index (κ1) is 14.0. The Kier molecular flexibility index (Phi) is 6.70. The van der Waals surface area contributed by atoms with Crippen molar-refractivity contribution in [2.75, 3.05) is 0 Å². The molecular formula is C16H20Cr. The Labute approximate surface area is 112 Å². The second-order valence-corrected chi connectivity index (χ2v) is 5.36. The molecule has 0 aromatic rings. The quantitative estimate of drug-likeness (QED) is 0.620. The number of rotatable bonds is 5. The molecule has 1 heteroatoms. The van der Waals surface area contributed by atoms with Crippen LogP contribution in [0.3, 0.4) is 0 Å². The molecule has 0 amide bonds. The maximum absolute atomic E-state index is 2.36. The molecule has 0 heterocycles. The molecular weight excluding hydrogens is 244 g/mol. The molecule has 90 valence electrons. The van der Waals surface area contributed by atoms with E-state index in [-0.39, 0.29) is 0 Å². The van der Waals surface area contributed by atoms with Gasteiger partial charge in [0.25, 0.3) is 0 Å². The second-order valence-electron chi connectivity index (χ2n) is 3.85. The molecule has 0 aromatic carbocycles. The van der Waals surface area contributed by atoms with E-state index in [1.54, 1.807) is 4.44 Å². The molecule has 0 aliphatic heterocycles. The van der Waals surface area contributed by atoms with E-state index in [9.17, 15) is 0 Å². The van der Waals surface area contributed by atoms with Crippen LogP contribution in [0, 0.1) is 0 Å². The Morgan fingerprint density at radius 3 is 2.76 bits per heavy atom. The van der Waals surface area contributed by atoms with Crippen LogP contribution in [0.25, 0.3) is 0 Å². The van der Waals surface area contributed by atoms with E-state index in [2.05, 4.69) is 67.4 Å². The van der Waals surface area contributed by atoms with E-state index < -0.39 is 0 Å². The van der Waals surface area contributed by atoms with Gasteiger partial charge >= 0.3 is 112 Å². The van der Waals surface area contributed by atoms with Crippen molar-refractivity contribution in [2.24, 2.45) is 0 Å². The maximum atomic E-state index is 2.36. The van der Waals surface area contributed by atoms with E-state index in [4.69, 9.17) is 0 Å². The van der Waals surface area contributed by atoms with E-state index in [0.29, 0.717) is 15.2 Å². The van der Waals surface area contributed by atoms with Crippen molar-refractivity contribution in [1.29, 1.82) is 0 Å². The second kappa shape index (κ2) is 8.12. The van der Waals surface area contributed by atoms with Gasteiger partial charge in [0.15, 0.2) is 0 Å². The Balaban J connectivity index is 2.69. The zero-order valence-electron chi connectivity index (χ0n) is 10.8. The van der Waals surface area contributed by atoms with E-state index in [1.807, 2.05) is 6.92 Å². The van der Waals surface area contributed by atoms with Gasteiger partial charge < -0.3 is 0 Å². The minimum absolute atomic E-state index is 0.475. The van der Waals surface area contributed by atoms with Crippen molar-refractivity contribution < 1.29 is 15.2 Å². The molecule has 17 heavy (non-hydrogen) atoms. The summed E-state index contributed by atoms with van der Waals surface area (Å²) in [6.07, 6.45) is 18.3. The van der Waals surface area contributed by atoms with E-state index in [0.717, 1.165) is 6.42 Å². The van der Waals surface area contributed by atoms with Crippen molar-refractivity contribution in [3.63, 3.8) is 0 Å². The van der Waals surface area contributed by atoms with Crippen LogP contribution in [-0.2, 0) is 15.2 Å². The molecule has 1 aliphatic carbocycles. The third-order valence-corrected chi connectivity index (χ3v) is 4.16. The first-order valence-electron chi connectivity index (χ1n) is 5.93. The van der Waals surface area contributed by atoms with Gasteiger partial charge in [-0.3, -0.25) is 0 Å². The fraction of sp³-hybridized carbons (Fsp3) is 0.250. The zero-order valence-corrected chi connectivity index (χ0v) is 12.1. The molecule has 0 nitrogen and oxygen atoms in total. The van der Waals surface area contributed by atoms with Crippen molar-refractivity contribution in [2.45, 2.75) is 27.2 Å². The molecule has 0 saturated heterocycles. The van der Waals surface area contributed by atoms with Crippen LogP contribution in [0.5, 0.6) is 0 Å². The summed E-state index contributed by atoms with van der Waals surface area (Å²) < 4.78 is 1.57. The van der Waals surface area contributed by atoms with Gasteiger partial charge in [-0.2, -0.15) is 0 Å². The SMILES string of the molecule is CC=CC=CC1=[C]([Cr][CH]=C(C)C=CC)CC=C1. The summed E-state index contributed by atoms with van der Waals surface area (Å²) in [6.45, 7) is 6.27. The molecule has 0 unspecified atom stereocenters. The Hall–Kier alpha value is -1.03. The van der Waals surface area contributed by atoms with Crippen LogP contribution in [-0.4, -0.2) is 0 Å². The first-order chi connectivity index (χ1) is 8.27. The predicted molar refractivity (Wildman–Crippen MR) is 73.3 cm³/mol. The monoisotopic (exact) mass is 264 g/mol. The summed E-state index contributed by atoms with van der Waals surface area (Å²) in [5.74, 6) is 0. The van der Waals surface area contributed by atoms with Crippen molar-refractivity contribution in [3.05, 3.63) is 69.1 Å². The summed E-state index contributed by atoms with van der Waals surface area (Å²) in [7, 11) is 0. The average molecular weight is 264 g/mol. The van der Waals surface area contributed by atoms with Crippen LogP contribution in [0.4, 0.5) is 0 Å². The van der Waals surface area contributed by atoms with Crippen molar-refractivity contribution in [3.8, 4) is 0 Å². The van der Waals surface area contributed by atoms with Gasteiger partial charge in [-0.25, -0.2) is 0 Å². The molecule has 0 atom stereocenters. The fourth-order valence-corrected chi connectivity index (χ4v) is 2.87.